The lowest BCUT2D eigenvalue weighted by Gasteiger charge is -2.15. The van der Waals surface area contributed by atoms with E-state index < -0.39 is 34.7 Å². The van der Waals surface area contributed by atoms with Crippen molar-refractivity contribution in [3.8, 4) is 22.3 Å². The molecule has 0 aliphatic carbocycles. The molecule has 2 N–H and O–H groups in total. The number of benzene rings is 4. The van der Waals surface area contributed by atoms with E-state index in [-0.39, 0.29) is 0 Å². The van der Waals surface area contributed by atoms with Crippen LogP contribution in [0, 0.1) is 0 Å². The van der Waals surface area contributed by atoms with E-state index in [0.29, 0.717) is 22.6 Å². The van der Waals surface area contributed by atoms with Gasteiger partial charge < -0.3 is 9.84 Å². The van der Waals surface area contributed by atoms with Crippen LogP contribution in [0.3, 0.4) is 0 Å². The maximum Gasteiger partial charge on any atom is 0.392 e. The molecule has 1 unspecified atom stereocenters. The summed E-state index contributed by atoms with van der Waals surface area (Å²) in [7, 11) is -5.50. The lowest BCUT2D eigenvalue weighted by molar-refractivity contribution is -0.0462. The number of rotatable bonds is 9. The van der Waals surface area contributed by atoms with E-state index in [4.69, 9.17) is 4.55 Å². The van der Waals surface area contributed by atoms with Gasteiger partial charge in [0.25, 0.3) is 0 Å². The van der Waals surface area contributed by atoms with Crippen LogP contribution in [0.2, 0.25) is 0 Å². The second kappa shape index (κ2) is 13.6. The first-order chi connectivity index (χ1) is 18.1. The number of halogens is 3. The van der Waals surface area contributed by atoms with Crippen molar-refractivity contribution in [2.45, 2.75) is 16.3 Å². The fourth-order valence-electron chi connectivity index (χ4n) is 3.49. The fourth-order valence-corrected chi connectivity index (χ4v) is 4.16. The van der Waals surface area contributed by atoms with Crippen LogP contribution >= 0.6 is 12.1 Å². The Kier molecular flexibility index (Phi) is 10.5. The Morgan fingerprint density at radius 2 is 1.32 bits per heavy atom. The van der Waals surface area contributed by atoms with Gasteiger partial charge in [0.2, 0.25) is 0 Å². The van der Waals surface area contributed by atoms with Crippen molar-refractivity contribution in [2.75, 3.05) is 13.2 Å². The molecule has 4 aromatic carbocycles. The molecule has 1 atom stereocenters. The van der Waals surface area contributed by atoms with Crippen LogP contribution in [0.4, 0.5) is 12.7 Å². The summed E-state index contributed by atoms with van der Waals surface area (Å²) in [6, 6.07) is 33.9. The zero-order chi connectivity index (χ0) is 27.6. The topological polar surface area (TPSA) is 83.8 Å². The molecule has 0 heterocycles. The number of hydrogen-bond donors (Lipinski definition) is 2. The lowest BCUT2D eigenvalue weighted by Crippen LogP contribution is -2.34. The molecular weight excluding hydrogens is 537 g/mol. The average molecular weight is 563 g/mol. The van der Waals surface area contributed by atoms with Crippen LogP contribution in [0.15, 0.2) is 114 Å². The number of aliphatic hydroxyl groups is 1. The van der Waals surface area contributed by atoms with Gasteiger partial charge in [0, 0.05) is 10.5 Å². The number of alkyl halides is 2. The molecule has 0 fully saturated rings. The highest BCUT2D eigenvalue weighted by molar-refractivity contribution is 7.94. The summed E-state index contributed by atoms with van der Waals surface area (Å²) in [5, 5.41) is 5.15. The SMILES string of the molecule is FSc1cccc(-c2ccccc2)c1-c1ccccc1.O=S(=O)(O)C(F)(F)COCC(O)c1ccccc1. The molecule has 38 heavy (non-hydrogen) atoms. The van der Waals surface area contributed by atoms with Crippen LogP contribution in [0.5, 0.6) is 0 Å². The summed E-state index contributed by atoms with van der Waals surface area (Å²) < 4.78 is 71.9. The Hall–Kier alpha value is -3.15. The third-order valence-corrected chi connectivity index (χ3v) is 6.74. The van der Waals surface area contributed by atoms with Gasteiger partial charge in [-0.1, -0.05) is 103 Å². The van der Waals surface area contributed by atoms with Crippen molar-refractivity contribution in [3.63, 3.8) is 0 Å². The minimum Gasteiger partial charge on any atom is -0.386 e. The number of hydrogen-bond acceptors (Lipinski definition) is 5. The Morgan fingerprint density at radius 3 is 1.84 bits per heavy atom. The normalized spacial score (nSPS) is 12.3. The number of aliphatic hydroxyl groups excluding tert-OH is 1. The van der Waals surface area contributed by atoms with E-state index in [9.17, 15) is 26.2 Å². The first-order valence-electron chi connectivity index (χ1n) is 11.3. The minimum absolute atomic E-state index is 0.299. The van der Waals surface area contributed by atoms with E-state index >= 15 is 0 Å². The molecule has 0 aliphatic heterocycles. The zero-order valence-corrected chi connectivity index (χ0v) is 21.6. The Labute approximate surface area is 224 Å². The van der Waals surface area contributed by atoms with Gasteiger partial charge in [-0.15, -0.1) is 0 Å². The van der Waals surface area contributed by atoms with Gasteiger partial charge in [-0.05, 0) is 28.3 Å². The van der Waals surface area contributed by atoms with Crippen LogP contribution in [0.25, 0.3) is 22.3 Å². The predicted molar refractivity (Wildman–Crippen MR) is 143 cm³/mol. The molecule has 5 nitrogen and oxygen atoms in total. The molecule has 200 valence electrons. The van der Waals surface area contributed by atoms with Gasteiger partial charge in [-0.2, -0.15) is 21.1 Å². The highest BCUT2D eigenvalue weighted by Crippen LogP contribution is 2.39. The first-order valence-corrected chi connectivity index (χ1v) is 13.5. The molecule has 0 bridgehead atoms. The van der Waals surface area contributed by atoms with E-state index in [1.165, 1.54) is 0 Å². The van der Waals surface area contributed by atoms with Crippen molar-refractivity contribution >= 4 is 22.3 Å². The summed E-state index contributed by atoms with van der Waals surface area (Å²) in [5.41, 5.74) is 4.59. The highest BCUT2D eigenvalue weighted by Gasteiger charge is 2.44. The van der Waals surface area contributed by atoms with E-state index in [1.807, 2.05) is 66.7 Å². The molecule has 0 saturated heterocycles. The van der Waals surface area contributed by atoms with Gasteiger partial charge in [0.15, 0.2) is 0 Å². The molecule has 0 saturated carbocycles. The van der Waals surface area contributed by atoms with Gasteiger partial charge in [0.1, 0.15) is 12.7 Å². The summed E-state index contributed by atoms with van der Waals surface area (Å²) in [6.07, 6.45) is -1.15. The molecule has 0 amide bonds. The predicted octanol–water partition coefficient (Wildman–Crippen LogP) is 7.21. The molecular formula is C28H25F3O5S2. The van der Waals surface area contributed by atoms with Crippen molar-refractivity contribution in [3.05, 3.63) is 115 Å². The summed E-state index contributed by atoms with van der Waals surface area (Å²) in [6.45, 7) is -2.02. The fraction of sp³-hybridized carbons (Fsp3) is 0.143. The molecule has 0 aromatic heterocycles. The van der Waals surface area contributed by atoms with Gasteiger partial charge in [0.05, 0.1) is 18.8 Å². The number of ether oxygens (including phenoxy) is 1. The minimum atomic E-state index is -5.50. The van der Waals surface area contributed by atoms with Gasteiger partial charge >= 0.3 is 15.4 Å². The van der Waals surface area contributed by atoms with Crippen molar-refractivity contribution < 1.29 is 35.5 Å². The summed E-state index contributed by atoms with van der Waals surface area (Å²) in [4.78, 5) is 0.651. The van der Waals surface area contributed by atoms with Gasteiger partial charge in [-0.25, -0.2) is 0 Å². The van der Waals surface area contributed by atoms with Crippen molar-refractivity contribution in [2.24, 2.45) is 0 Å². The van der Waals surface area contributed by atoms with Crippen molar-refractivity contribution in [1.82, 2.24) is 0 Å². The third-order valence-electron chi connectivity index (χ3n) is 5.36. The Morgan fingerprint density at radius 1 is 0.789 bits per heavy atom. The maximum atomic E-state index is 13.3. The summed E-state index contributed by atoms with van der Waals surface area (Å²) in [5.74, 6) is 0. The van der Waals surface area contributed by atoms with E-state index in [1.54, 1.807) is 30.3 Å². The van der Waals surface area contributed by atoms with Gasteiger partial charge in [-0.3, -0.25) is 4.55 Å². The van der Waals surface area contributed by atoms with Crippen LogP contribution in [-0.4, -0.2) is 36.5 Å². The molecule has 4 rings (SSSR count). The Bertz CT molecular complexity index is 1390. The largest absolute Gasteiger partial charge is 0.392 e. The van der Waals surface area contributed by atoms with Crippen LogP contribution in [0.1, 0.15) is 11.7 Å². The Balaban J connectivity index is 0.000000212. The summed E-state index contributed by atoms with van der Waals surface area (Å²) >= 11 is 0.299. The second-order valence-corrected chi connectivity index (χ2v) is 10.2. The third kappa shape index (κ3) is 7.92. The van der Waals surface area contributed by atoms with E-state index in [2.05, 4.69) is 16.9 Å². The standard InChI is InChI=1S/C18H13FS.C10H12F2O5S/c19-20-17-13-7-12-16(14-8-3-1-4-9-14)18(17)15-10-5-2-6-11-15;11-10(12,18(14,15)16)7-17-6-9(13)8-4-2-1-3-5-8/h1-13H;1-5,9,13H,6-7H2,(H,14,15,16). The van der Waals surface area contributed by atoms with Crippen molar-refractivity contribution in [1.29, 1.82) is 0 Å². The lowest BCUT2D eigenvalue weighted by atomic mass is 9.94. The molecule has 4 aromatic rings. The smallest absolute Gasteiger partial charge is 0.386 e. The second-order valence-electron chi connectivity index (χ2n) is 8.04. The molecule has 10 heteroatoms. The maximum absolute atomic E-state index is 13.3. The van der Waals surface area contributed by atoms with E-state index in [0.717, 1.165) is 22.3 Å². The molecule has 0 spiro atoms. The first kappa shape index (κ1) is 29.4. The molecule has 0 aliphatic rings. The quantitative estimate of drug-likeness (QED) is 0.210. The van der Waals surface area contributed by atoms with Crippen LogP contribution in [-0.2, 0) is 14.9 Å². The monoisotopic (exact) mass is 562 g/mol. The highest BCUT2D eigenvalue weighted by atomic mass is 32.2. The zero-order valence-electron chi connectivity index (χ0n) is 20.0. The molecule has 0 radical (unpaired) electrons. The average Bonchev–Trinajstić information content (AvgIpc) is 2.93. The van der Waals surface area contributed by atoms with Crippen LogP contribution < -0.4 is 0 Å².